The van der Waals surface area contributed by atoms with Crippen LogP contribution in [0, 0.1) is 0 Å². The molecule has 0 aromatic rings. The highest BCUT2D eigenvalue weighted by Gasteiger charge is 2.34. The SMILES string of the molecule is CC1CC(N2CCC(N)C2C)CCO1. The summed E-state index contributed by atoms with van der Waals surface area (Å²) in [5.74, 6) is 0. The summed E-state index contributed by atoms with van der Waals surface area (Å²) in [6.07, 6.45) is 3.95. The highest BCUT2D eigenvalue weighted by Crippen LogP contribution is 2.26. The Labute approximate surface area is 86.6 Å². The van der Waals surface area contributed by atoms with Gasteiger partial charge in [0.1, 0.15) is 0 Å². The number of hydrogen-bond donors (Lipinski definition) is 1. The molecule has 0 spiro atoms. The molecule has 0 aromatic heterocycles. The lowest BCUT2D eigenvalue weighted by molar-refractivity contribution is -0.0194. The van der Waals surface area contributed by atoms with E-state index in [0.29, 0.717) is 24.2 Å². The van der Waals surface area contributed by atoms with E-state index < -0.39 is 0 Å². The molecule has 2 fully saturated rings. The van der Waals surface area contributed by atoms with Crippen LogP contribution in [-0.4, -0.2) is 42.3 Å². The van der Waals surface area contributed by atoms with Gasteiger partial charge in [0.15, 0.2) is 0 Å². The van der Waals surface area contributed by atoms with E-state index in [2.05, 4.69) is 18.7 Å². The van der Waals surface area contributed by atoms with Crippen LogP contribution in [0.15, 0.2) is 0 Å². The maximum atomic E-state index is 6.04. The zero-order chi connectivity index (χ0) is 10.1. The zero-order valence-corrected chi connectivity index (χ0v) is 9.28. The first-order valence-electron chi connectivity index (χ1n) is 5.81. The molecular weight excluding hydrogens is 176 g/mol. The van der Waals surface area contributed by atoms with Crippen LogP contribution in [-0.2, 0) is 4.74 Å². The molecule has 2 saturated heterocycles. The Morgan fingerprint density at radius 3 is 2.64 bits per heavy atom. The summed E-state index contributed by atoms with van der Waals surface area (Å²) in [4.78, 5) is 2.59. The molecule has 2 aliphatic heterocycles. The Morgan fingerprint density at radius 2 is 2.07 bits per heavy atom. The van der Waals surface area contributed by atoms with Gasteiger partial charge in [-0.05, 0) is 33.1 Å². The lowest BCUT2D eigenvalue weighted by Gasteiger charge is -2.37. The van der Waals surface area contributed by atoms with Crippen LogP contribution >= 0.6 is 0 Å². The summed E-state index contributed by atoms with van der Waals surface area (Å²) in [5.41, 5.74) is 6.04. The summed E-state index contributed by atoms with van der Waals surface area (Å²) in [6, 6.07) is 1.65. The molecule has 0 aliphatic carbocycles. The van der Waals surface area contributed by atoms with Gasteiger partial charge in [-0.3, -0.25) is 4.90 Å². The van der Waals surface area contributed by atoms with Crippen LogP contribution in [0.3, 0.4) is 0 Å². The van der Waals surface area contributed by atoms with E-state index >= 15 is 0 Å². The van der Waals surface area contributed by atoms with E-state index in [4.69, 9.17) is 10.5 Å². The Balaban J connectivity index is 1.94. The van der Waals surface area contributed by atoms with Crippen molar-refractivity contribution in [3.05, 3.63) is 0 Å². The highest BCUT2D eigenvalue weighted by molar-refractivity contribution is 4.91. The number of rotatable bonds is 1. The van der Waals surface area contributed by atoms with Gasteiger partial charge in [-0.2, -0.15) is 0 Å². The molecule has 2 aliphatic rings. The Hall–Kier alpha value is -0.120. The van der Waals surface area contributed by atoms with Gasteiger partial charge in [-0.15, -0.1) is 0 Å². The van der Waals surface area contributed by atoms with Crippen molar-refractivity contribution in [2.75, 3.05) is 13.2 Å². The molecule has 14 heavy (non-hydrogen) atoms. The minimum Gasteiger partial charge on any atom is -0.378 e. The van der Waals surface area contributed by atoms with Crippen LogP contribution in [0.25, 0.3) is 0 Å². The summed E-state index contributed by atoms with van der Waals surface area (Å²) in [7, 11) is 0. The first-order chi connectivity index (χ1) is 6.68. The molecule has 3 heteroatoms. The van der Waals surface area contributed by atoms with Crippen molar-refractivity contribution in [2.45, 2.75) is 57.3 Å². The van der Waals surface area contributed by atoms with Crippen molar-refractivity contribution in [3.8, 4) is 0 Å². The van der Waals surface area contributed by atoms with Crippen LogP contribution in [0.5, 0.6) is 0 Å². The van der Waals surface area contributed by atoms with Crippen molar-refractivity contribution in [1.29, 1.82) is 0 Å². The van der Waals surface area contributed by atoms with Gasteiger partial charge in [0.05, 0.1) is 6.10 Å². The Morgan fingerprint density at radius 1 is 1.29 bits per heavy atom. The first-order valence-corrected chi connectivity index (χ1v) is 5.81. The van der Waals surface area contributed by atoms with Crippen LogP contribution in [0.4, 0.5) is 0 Å². The van der Waals surface area contributed by atoms with Crippen LogP contribution in [0.1, 0.15) is 33.1 Å². The molecule has 2 N–H and O–H groups in total. The van der Waals surface area contributed by atoms with Crippen molar-refractivity contribution >= 4 is 0 Å². The zero-order valence-electron chi connectivity index (χ0n) is 9.28. The first kappa shape index (κ1) is 10.4. The monoisotopic (exact) mass is 198 g/mol. The molecule has 0 bridgehead atoms. The molecule has 0 saturated carbocycles. The van der Waals surface area contributed by atoms with Crippen molar-refractivity contribution in [1.82, 2.24) is 4.90 Å². The molecule has 3 nitrogen and oxygen atoms in total. The van der Waals surface area contributed by atoms with Gasteiger partial charge in [0.2, 0.25) is 0 Å². The van der Waals surface area contributed by atoms with Gasteiger partial charge in [-0.25, -0.2) is 0 Å². The van der Waals surface area contributed by atoms with E-state index in [9.17, 15) is 0 Å². The summed E-state index contributed by atoms with van der Waals surface area (Å²) in [5, 5.41) is 0. The van der Waals surface area contributed by atoms with Gasteiger partial charge >= 0.3 is 0 Å². The molecule has 0 aromatic carbocycles. The van der Waals surface area contributed by atoms with E-state index in [1.54, 1.807) is 0 Å². The average Bonchev–Trinajstić information content (AvgIpc) is 2.48. The number of nitrogens with zero attached hydrogens (tertiary/aromatic N) is 1. The second-order valence-electron chi connectivity index (χ2n) is 4.79. The summed E-state index contributed by atoms with van der Waals surface area (Å²) < 4.78 is 5.57. The van der Waals surface area contributed by atoms with Gasteiger partial charge in [-0.1, -0.05) is 0 Å². The molecule has 0 amide bonds. The van der Waals surface area contributed by atoms with Gasteiger partial charge in [0.25, 0.3) is 0 Å². The fourth-order valence-electron chi connectivity index (χ4n) is 2.78. The number of hydrogen-bond acceptors (Lipinski definition) is 3. The van der Waals surface area contributed by atoms with Crippen LogP contribution < -0.4 is 5.73 Å². The van der Waals surface area contributed by atoms with Gasteiger partial charge in [0, 0.05) is 31.3 Å². The van der Waals surface area contributed by atoms with Crippen molar-refractivity contribution in [3.63, 3.8) is 0 Å². The minimum atomic E-state index is 0.383. The molecule has 2 rings (SSSR count). The smallest absolute Gasteiger partial charge is 0.0561 e. The molecule has 4 atom stereocenters. The topological polar surface area (TPSA) is 38.5 Å². The van der Waals surface area contributed by atoms with Gasteiger partial charge < -0.3 is 10.5 Å². The Kier molecular flexibility index (Phi) is 3.10. The Bertz CT molecular complexity index is 198. The van der Waals surface area contributed by atoms with Crippen LogP contribution in [0.2, 0.25) is 0 Å². The summed E-state index contributed by atoms with van der Waals surface area (Å²) in [6.45, 7) is 6.54. The van der Waals surface area contributed by atoms with E-state index in [1.165, 1.54) is 19.4 Å². The predicted molar refractivity (Wildman–Crippen MR) is 57.2 cm³/mol. The fourth-order valence-corrected chi connectivity index (χ4v) is 2.78. The molecule has 0 radical (unpaired) electrons. The molecule has 82 valence electrons. The number of likely N-dealkylation sites (tertiary alicyclic amines) is 1. The van der Waals surface area contributed by atoms with E-state index in [0.717, 1.165) is 13.0 Å². The second-order valence-corrected chi connectivity index (χ2v) is 4.79. The summed E-state index contributed by atoms with van der Waals surface area (Å²) >= 11 is 0. The van der Waals surface area contributed by atoms with E-state index in [-0.39, 0.29) is 0 Å². The maximum absolute atomic E-state index is 6.04. The third-order valence-corrected chi connectivity index (χ3v) is 3.79. The predicted octanol–water partition coefficient (Wildman–Crippen LogP) is 0.975. The maximum Gasteiger partial charge on any atom is 0.0561 e. The second kappa shape index (κ2) is 4.17. The normalized spacial score (nSPS) is 45.6. The fraction of sp³-hybridized carbons (Fsp3) is 1.00. The molecular formula is C11H22N2O. The lowest BCUT2D eigenvalue weighted by Crippen LogP contribution is -2.46. The third-order valence-electron chi connectivity index (χ3n) is 3.79. The number of ether oxygens (including phenoxy) is 1. The quantitative estimate of drug-likeness (QED) is 0.682. The lowest BCUT2D eigenvalue weighted by atomic mass is 10.0. The van der Waals surface area contributed by atoms with E-state index in [1.807, 2.05) is 0 Å². The van der Waals surface area contributed by atoms with Crippen molar-refractivity contribution in [2.24, 2.45) is 5.73 Å². The average molecular weight is 198 g/mol. The molecule has 2 heterocycles. The highest BCUT2D eigenvalue weighted by atomic mass is 16.5. The minimum absolute atomic E-state index is 0.383. The largest absolute Gasteiger partial charge is 0.378 e. The third kappa shape index (κ3) is 1.95. The standard InChI is InChI=1S/C11H22N2O/c1-8-7-10(4-6-14-8)13-5-3-11(12)9(13)2/h8-11H,3-7,12H2,1-2H3. The molecule has 4 unspecified atom stereocenters. The van der Waals surface area contributed by atoms with Crippen molar-refractivity contribution < 1.29 is 4.74 Å². The number of nitrogens with two attached hydrogens (primary N) is 1.